The molecule has 0 amide bonds. The average Bonchev–Trinajstić information content (AvgIpc) is 3.09. The van der Waals surface area contributed by atoms with E-state index in [1.807, 2.05) is 13.1 Å². The Balaban J connectivity index is 1.50. The fourth-order valence-electron chi connectivity index (χ4n) is 2.92. The smallest absolute Gasteiger partial charge is 0.191 e. The van der Waals surface area contributed by atoms with Gasteiger partial charge in [0.25, 0.3) is 0 Å². The molecule has 1 fully saturated rings. The molecule has 0 aromatic heterocycles. The van der Waals surface area contributed by atoms with E-state index in [1.54, 1.807) is 0 Å². The molecule has 1 atom stereocenters. The minimum atomic E-state index is 0.428. The van der Waals surface area contributed by atoms with Crippen molar-refractivity contribution in [3.8, 4) is 0 Å². The highest BCUT2D eigenvalue weighted by Crippen LogP contribution is 2.19. The second-order valence-corrected chi connectivity index (χ2v) is 5.82. The normalized spacial score (nSPS) is 18.0. The summed E-state index contributed by atoms with van der Waals surface area (Å²) in [7, 11) is 1.82. The predicted molar refractivity (Wildman–Crippen MR) is 96.8 cm³/mol. The molecule has 3 rings (SSSR count). The Morgan fingerprint density at radius 2 is 1.78 bits per heavy atom. The van der Waals surface area contributed by atoms with Gasteiger partial charge in [0.2, 0.25) is 0 Å². The van der Waals surface area contributed by atoms with E-state index < -0.39 is 0 Å². The zero-order chi connectivity index (χ0) is 15.9. The maximum atomic E-state index is 4.34. The fourth-order valence-corrected chi connectivity index (χ4v) is 2.92. The molecule has 1 aliphatic heterocycles. The number of nitrogens with one attached hydrogen (secondary N) is 2. The van der Waals surface area contributed by atoms with E-state index in [0.29, 0.717) is 6.04 Å². The van der Waals surface area contributed by atoms with Gasteiger partial charge in [0.05, 0.1) is 0 Å². The number of hydrogen-bond acceptors (Lipinski definition) is 2. The minimum absolute atomic E-state index is 0.428. The molecule has 120 valence electrons. The van der Waals surface area contributed by atoms with E-state index in [-0.39, 0.29) is 0 Å². The number of guanidine groups is 1. The first-order chi connectivity index (χ1) is 11.3. The number of para-hydroxylation sites is 1. The van der Waals surface area contributed by atoms with Crippen LogP contribution in [0.1, 0.15) is 12.0 Å². The van der Waals surface area contributed by atoms with Crippen LogP contribution in [0.15, 0.2) is 65.7 Å². The van der Waals surface area contributed by atoms with E-state index in [0.717, 1.165) is 32.0 Å². The van der Waals surface area contributed by atoms with Crippen LogP contribution in [0.4, 0.5) is 5.69 Å². The summed E-state index contributed by atoms with van der Waals surface area (Å²) in [6.07, 6.45) is 1.13. The van der Waals surface area contributed by atoms with Crippen LogP contribution in [-0.2, 0) is 6.54 Å². The largest absolute Gasteiger partial charge is 0.369 e. The van der Waals surface area contributed by atoms with Crippen LogP contribution < -0.4 is 15.5 Å². The maximum absolute atomic E-state index is 4.34. The van der Waals surface area contributed by atoms with Gasteiger partial charge in [-0.2, -0.15) is 0 Å². The maximum Gasteiger partial charge on any atom is 0.191 e. The topological polar surface area (TPSA) is 39.7 Å². The van der Waals surface area contributed by atoms with Crippen LogP contribution in [0.3, 0.4) is 0 Å². The monoisotopic (exact) mass is 308 g/mol. The molecule has 1 heterocycles. The summed E-state index contributed by atoms with van der Waals surface area (Å²) >= 11 is 0. The molecule has 1 saturated heterocycles. The Morgan fingerprint density at radius 3 is 2.48 bits per heavy atom. The number of aliphatic imine (C=N–C) groups is 1. The first-order valence-corrected chi connectivity index (χ1v) is 8.16. The Labute approximate surface area is 138 Å². The van der Waals surface area contributed by atoms with Gasteiger partial charge in [0.15, 0.2) is 5.96 Å². The van der Waals surface area contributed by atoms with Gasteiger partial charge < -0.3 is 15.5 Å². The van der Waals surface area contributed by atoms with Crippen LogP contribution in [-0.4, -0.2) is 32.1 Å². The Morgan fingerprint density at radius 1 is 1.09 bits per heavy atom. The van der Waals surface area contributed by atoms with Crippen molar-refractivity contribution in [3.63, 3.8) is 0 Å². The summed E-state index contributed by atoms with van der Waals surface area (Å²) in [5, 5.41) is 6.92. The minimum Gasteiger partial charge on any atom is -0.369 e. The van der Waals surface area contributed by atoms with Gasteiger partial charge in [-0.25, -0.2) is 0 Å². The lowest BCUT2D eigenvalue weighted by molar-refractivity contribution is 0.648. The third-order valence-electron chi connectivity index (χ3n) is 4.18. The first kappa shape index (κ1) is 15.4. The van der Waals surface area contributed by atoms with E-state index in [4.69, 9.17) is 0 Å². The summed E-state index contributed by atoms with van der Waals surface area (Å²) in [4.78, 5) is 6.76. The second-order valence-electron chi connectivity index (χ2n) is 5.82. The highest BCUT2D eigenvalue weighted by molar-refractivity contribution is 5.80. The Hall–Kier alpha value is -2.49. The van der Waals surface area contributed by atoms with Crippen LogP contribution in [0, 0.1) is 0 Å². The standard InChI is InChI=1S/C19H24N4/c1-20-19(21-14-16-8-4-2-5-9-16)22-17-12-13-23(15-17)18-10-6-3-7-11-18/h2-11,17H,12-15H2,1H3,(H2,20,21,22). The van der Waals surface area contributed by atoms with Crippen LogP contribution in [0.25, 0.3) is 0 Å². The molecule has 0 aliphatic carbocycles. The molecule has 4 nitrogen and oxygen atoms in total. The van der Waals surface area contributed by atoms with Gasteiger partial charge in [-0.3, -0.25) is 4.99 Å². The quantitative estimate of drug-likeness (QED) is 0.674. The lowest BCUT2D eigenvalue weighted by Crippen LogP contribution is -2.44. The van der Waals surface area contributed by atoms with E-state index in [9.17, 15) is 0 Å². The molecule has 4 heteroatoms. The molecule has 0 radical (unpaired) electrons. The highest BCUT2D eigenvalue weighted by Gasteiger charge is 2.23. The molecule has 2 aromatic rings. The number of hydrogen-bond donors (Lipinski definition) is 2. The van der Waals surface area contributed by atoms with Crippen molar-refractivity contribution in [2.24, 2.45) is 4.99 Å². The van der Waals surface area contributed by atoms with Crippen molar-refractivity contribution >= 4 is 11.6 Å². The van der Waals surface area contributed by atoms with Crippen molar-refractivity contribution < 1.29 is 0 Å². The lowest BCUT2D eigenvalue weighted by atomic mass is 10.2. The molecule has 2 N–H and O–H groups in total. The third kappa shape index (κ3) is 4.25. The number of rotatable bonds is 4. The second kappa shape index (κ2) is 7.68. The Bertz CT molecular complexity index is 624. The summed E-state index contributed by atoms with van der Waals surface area (Å²) < 4.78 is 0. The zero-order valence-electron chi connectivity index (χ0n) is 13.6. The van der Waals surface area contributed by atoms with Crippen LogP contribution in [0.5, 0.6) is 0 Å². The number of nitrogens with zero attached hydrogens (tertiary/aromatic N) is 2. The molecule has 23 heavy (non-hydrogen) atoms. The molecule has 0 bridgehead atoms. The highest BCUT2D eigenvalue weighted by atomic mass is 15.2. The lowest BCUT2D eigenvalue weighted by Gasteiger charge is -2.20. The summed E-state index contributed by atoms with van der Waals surface area (Å²) in [6.45, 7) is 2.88. The van der Waals surface area contributed by atoms with E-state index in [2.05, 4.69) is 75.1 Å². The van der Waals surface area contributed by atoms with Gasteiger partial charge in [0, 0.05) is 38.4 Å². The van der Waals surface area contributed by atoms with Gasteiger partial charge in [-0.05, 0) is 24.1 Å². The molecule has 0 saturated carbocycles. The van der Waals surface area contributed by atoms with Crippen molar-refractivity contribution in [1.29, 1.82) is 0 Å². The molecular weight excluding hydrogens is 284 g/mol. The van der Waals surface area contributed by atoms with Crippen molar-refractivity contribution in [1.82, 2.24) is 10.6 Å². The average molecular weight is 308 g/mol. The van der Waals surface area contributed by atoms with E-state index in [1.165, 1.54) is 11.3 Å². The molecule has 2 aromatic carbocycles. The predicted octanol–water partition coefficient (Wildman–Crippen LogP) is 2.63. The number of benzene rings is 2. The molecular formula is C19H24N4. The summed E-state index contributed by atoms with van der Waals surface area (Å²) in [6, 6.07) is 21.4. The van der Waals surface area contributed by atoms with Crippen molar-refractivity contribution in [2.45, 2.75) is 19.0 Å². The third-order valence-corrected chi connectivity index (χ3v) is 4.18. The van der Waals surface area contributed by atoms with Crippen molar-refractivity contribution in [2.75, 3.05) is 25.0 Å². The number of anilines is 1. The summed E-state index contributed by atoms with van der Waals surface area (Å²) in [5.74, 6) is 0.869. The van der Waals surface area contributed by atoms with Gasteiger partial charge in [-0.1, -0.05) is 48.5 Å². The summed E-state index contributed by atoms with van der Waals surface area (Å²) in [5.41, 5.74) is 2.55. The van der Waals surface area contributed by atoms with Gasteiger partial charge >= 0.3 is 0 Å². The molecule has 1 aliphatic rings. The molecule has 0 spiro atoms. The zero-order valence-corrected chi connectivity index (χ0v) is 13.6. The first-order valence-electron chi connectivity index (χ1n) is 8.16. The van der Waals surface area contributed by atoms with Crippen molar-refractivity contribution in [3.05, 3.63) is 66.2 Å². The van der Waals surface area contributed by atoms with E-state index >= 15 is 0 Å². The van der Waals surface area contributed by atoms with Gasteiger partial charge in [-0.15, -0.1) is 0 Å². The fraction of sp³-hybridized carbons (Fsp3) is 0.316. The van der Waals surface area contributed by atoms with Crippen LogP contribution >= 0.6 is 0 Å². The van der Waals surface area contributed by atoms with Gasteiger partial charge in [0.1, 0.15) is 0 Å². The Kier molecular flexibility index (Phi) is 5.14. The van der Waals surface area contributed by atoms with Crippen LogP contribution in [0.2, 0.25) is 0 Å². The SMILES string of the molecule is CN=C(NCc1ccccc1)NC1CCN(c2ccccc2)C1. The molecule has 1 unspecified atom stereocenters.